The minimum Gasteiger partial charge on any atom is -0.298 e. The van der Waals surface area contributed by atoms with Gasteiger partial charge in [0.1, 0.15) is 0 Å². The molecule has 0 saturated carbocycles. The molecule has 0 aliphatic carbocycles. The summed E-state index contributed by atoms with van der Waals surface area (Å²) in [7, 11) is -1.21. The van der Waals surface area contributed by atoms with Crippen molar-refractivity contribution in [3.63, 3.8) is 0 Å². The largest absolute Gasteiger partial charge is 0.298 e. The maximum atomic E-state index is 12.4. The number of nitrogens with zero attached hydrogens (tertiary/aromatic N) is 2. The van der Waals surface area contributed by atoms with Crippen molar-refractivity contribution in [2.45, 2.75) is 4.90 Å². The van der Waals surface area contributed by atoms with Gasteiger partial charge in [-0.05, 0) is 42.5 Å². The molecule has 0 unspecified atom stereocenters. The van der Waals surface area contributed by atoms with Crippen LogP contribution in [0.4, 0.5) is 5.13 Å². The van der Waals surface area contributed by atoms with Crippen LogP contribution < -0.4 is 5.32 Å². The Labute approximate surface area is 159 Å². The molecule has 26 heavy (non-hydrogen) atoms. The van der Waals surface area contributed by atoms with Crippen LogP contribution in [0.1, 0.15) is 10.4 Å². The third kappa shape index (κ3) is 3.71. The number of thiazole rings is 1. The molecule has 0 saturated heterocycles. The number of fused-ring (bicyclic) bond motifs is 1. The van der Waals surface area contributed by atoms with Crippen LogP contribution >= 0.6 is 22.9 Å². The minimum atomic E-state index is -3.76. The number of benzene rings is 2. The molecule has 0 bridgehead atoms. The zero-order chi connectivity index (χ0) is 18.9. The molecule has 10 heteroatoms. The Morgan fingerprint density at radius 1 is 1.23 bits per heavy atom. The number of halogens is 1. The molecule has 0 aliphatic rings. The molecule has 136 valence electrons. The van der Waals surface area contributed by atoms with Crippen molar-refractivity contribution >= 4 is 54.2 Å². The summed E-state index contributed by atoms with van der Waals surface area (Å²) in [4.78, 5) is 21.4. The van der Waals surface area contributed by atoms with Crippen LogP contribution in [-0.2, 0) is 14.9 Å². The van der Waals surface area contributed by atoms with E-state index in [9.17, 15) is 13.2 Å². The smallest absolute Gasteiger partial charge is 0.264 e. The lowest BCUT2D eigenvalue weighted by Gasteiger charge is -2.14. The Hall–Kier alpha value is -2.04. The lowest BCUT2D eigenvalue weighted by atomic mass is 10.2. The molecule has 0 spiro atoms. The van der Waals surface area contributed by atoms with Crippen LogP contribution in [0.2, 0.25) is 5.02 Å². The van der Waals surface area contributed by atoms with Crippen molar-refractivity contribution in [2.75, 3.05) is 19.5 Å². The van der Waals surface area contributed by atoms with Gasteiger partial charge in [-0.1, -0.05) is 27.4 Å². The lowest BCUT2D eigenvalue weighted by Crippen LogP contribution is -2.25. The fraction of sp³-hybridized carbons (Fsp3) is 0.125. The number of rotatable bonds is 5. The SMILES string of the molecule is CON(C)S(=O)(=O)c1ccc(C(=O)Nc2nc3ccc(Cl)cc3s2)cc1. The number of nitrogens with one attached hydrogen (secondary N) is 1. The average Bonchev–Trinajstić information content (AvgIpc) is 3.02. The van der Waals surface area contributed by atoms with Gasteiger partial charge in [0, 0.05) is 17.6 Å². The van der Waals surface area contributed by atoms with E-state index in [1.807, 2.05) is 0 Å². The van der Waals surface area contributed by atoms with Crippen LogP contribution in [0.3, 0.4) is 0 Å². The summed E-state index contributed by atoms with van der Waals surface area (Å²) in [5.74, 6) is -0.390. The first-order valence-corrected chi connectivity index (χ1v) is 9.95. The number of carbonyl (C=O) groups excluding carboxylic acids is 1. The van der Waals surface area contributed by atoms with Crippen molar-refractivity contribution in [3.8, 4) is 0 Å². The number of hydrogen-bond acceptors (Lipinski definition) is 6. The highest BCUT2D eigenvalue weighted by Crippen LogP contribution is 2.28. The highest BCUT2D eigenvalue weighted by Gasteiger charge is 2.21. The van der Waals surface area contributed by atoms with E-state index in [0.29, 0.717) is 15.7 Å². The summed E-state index contributed by atoms with van der Waals surface area (Å²) in [6.45, 7) is 0. The summed E-state index contributed by atoms with van der Waals surface area (Å²) in [6, 6.07) is 10.8. The maximum Gasteiger partial charge on any atom is 0.264 e. The number of carbonyl (C=O) groups is 1. The molecule has 1 aromatic heterocycles. The number of anilines is 1. The molecular weight excluding hydrogens is 398 g/mol. The molecule has 0 atom stereocenters. The van der Waals surface area contributed by atoms with Crippen LogP contribution in [-0.4, -0.2) is 37.9 Å². The highest BCUT2D eigenvalue weighted by molar-refractivity contribution is 7.89. The van der Waals surface area contributed by atoms with Gasteiger partial charge in [0.15, 0.2) is 5.13 Å². The Morgan fingerprint density at radius 2 is 1.92 bits per heavy atom. The van der Waals surface area contributed by atoms with E-state index in [4.69, 9.17) is 16.4 Å². The van der Waals surface area contributed by atoms with E-state index in [2.05, 4.69) is 10.3 Å². The maximum absolute atomic E-state index is 12.4. The molecule has 2 aromatic carbocycles. The van der Waals surface area contributed by atoms with Crippen LogP contribution in [0.15, 0.2) is 47.4 Å². The highest BCUT2D eigenvalue weighted by atomic mass is 35.5. The first kappa shape index (κ1) is 18.7. The van der Waals surface area contributed by atoms with Gasteiger partial charge in [0.25, 0.3) is 15.9 Å². The van der Waals surface area contributed by atoms with Crippen LogP contribution in [0.25, 0.3) is 10.2 Å². The van der Waals surface area contributed by atoms with E-state index >= 15 is 0 Å². The second-order valence-electron chi connectivity index (χ2n) is 5.21. The van der Waals surface area contributed by atoms with Gasteiger partial charge in [-0.2, -0.15) is 0 Å². The Morgan fingerprint density at radius 3 is 2.58 bits per heavy atom. The second kappa shape index (κ2) is 7.29. The zero-order valence-corrected chi connectivity index (χ0v) is 16.2. The van der Waals surface area contributed by atoms with E-state index in [-0.39, 0.29) is 10.8 Å². The summed E-state index contributed by atoms with van der Waals surface area (Å²) in [5, 5.41) is 3.73. The van der Waals surface area contributed by atoms with Gasteiger partial charge in [0.05, 0.1) is 22.2 Å². The molecule has 0 radical (unpaired) electrons. The molecule has 0 aliphatic heterocycles. The number of hydroxylamine groups is 1. The fourth-order valence-corrected chi connectivity index (χ4v) is 4.26. The van der Waals surface area contributed by atoms with Gasteiger partial charge in [-0.3, -0.25) is 14.9 Å². The van der Waals surface area contributed by atoms with E-state index < -0.39 is 10.0 Å². The fourth-order valence-electron chi connectivity index (χ4n) is 2.15. The monoisotopic (exact) mass is 411 g/mol. The number of hydrogen-bond donors (Lipinski definition) is 1. The Kier molecular flexibility index (Phi) is 5.26. The molecule has 1 N–H and O–H groups in total. The van der Waals surface area contributed by atoms with Gasteiger partial charge in [-0.25, -0.2) is 13.4 Å². The molecule has 3 rings (SSSR count). The predicted octanol–water partition coefficient (Wildman–Crippen LogP) is 3.38. The van der Waals surface area contributed by atoms with Gasteiger partial charge in [-0.15, -0.1) is 0 Å². The third-order valence-corrected chi connectivity index (χ3v) is 6.44. The van der Waals surface area contributed by atoms with E-state index in [1.165, 1.54) is 49.8 Å². The van der Waals surface area contributed by atoms with E-state index in [0.717, 1.165) is 14.7 Å². The van der Waals surface area contributed by atoms with Gasteiger partial charge >= 0.3 is 0 Å². The molecule has 1 heterocycles. The summed E-state index contributed by atoms with van der Waals surface area (Å²) in [5.41, 5.74) is 1.04. The topological polar surface area (TPSA) is 88.6 Å². The Balaban J connectivity index is 1.79. The van der Waals surface area contributed by atoms with Gasteiger partial charge < -0.3 is 0 Å². The standard InChI is InChI=1S/C16H14ClN3O4S2/c1-20(24-2)26(22,23)12-6-3-10(4-7-12)15(21)19-16-18-13-8-5-11(17)9-14(13)25-16/h3-9H,1-2H3,(H,18,19,21). The Bertz CT molecular complexity index is 1060. The number of sulfonamides is 1. The normalized spacial score (nSPS) is 11.8. The van der Waals surface area contributed by atoms with Crippen molar-refractivity contribution in [1.82, 2.24) is 9.45 Å². The first-order valence-electron chi connectivity index (χ1n) is 7.32. The number of aromatic nitrogens is 1. The van der Waals surface area contributed by atoms with Gasteiger partial charge in [0.2, 0.25) is 0 Å². The second-order valence-corrected chi connectivity index (χ2v) is 8.61. The van der Waals surface area contributed by atoms with Crippen LogP contribution in [0, 0.1) is 0 Å². The molecule has 7 nitrogen and oxygen atoms in total. The minimum absolute atomic E-state index is 0.0213. The first-order chi connectivity index (χ1) is 12.3. The van der Waals surface area contributed by atoms with Crippen molar-refractivity contribution < 1.29 is 18.0 Å². The molecular formula is C16H14ClN3O4S2. The predicted molar refractivity (Wildman–Crippen MR) is 101 cm³/mol. The molecule has 0 fully saturated rings. The van der Waals surface area contributed by atoms with Crippen molar-refractivity contribution in [2.24, 2.45) is 0 Å². The van der Waals surface area contributed by atoms with E-state index in [1.54, 1.807) is 18.2 Å². The summed E-state index contributed by atoms with van der Waals surface area (Å²) >= 11 is 7.25. The number of amides is 1. The third-order valence-electron chi connectivity index (χ3n) is 3.58. The summed E-state index contributed by atoms with van der Waals surface area (Å²) in [6.07, 6.45) is 0. The zero-order valence-electron chi connectivity index (χ0n) is 13.8. The lowest BCUT2D eigenvalue weighted by molar-refractivity contribution is -0.0258. The van der Waals surface area contributed by atoms with Crippen molar-refractivity contribution in [1.29, 1.82) is 0 Å². The summed E-state index contributed by atoms with van der Waals surface area (Å²) < 4.78 is 25.9. The average molecular weight is 412 g/mol. The van der Waals surface area contributed by atoms with Crippen LogP contribution in [0.5, 0.6) is 0 Å². The quantitative estimate of drug-likeness (QED) is 0.650. The molecule has 3 aromatic rings. The molecule has 1 amide bonds. The van der Waals surface area contributed by atoms with Crippen molar-refractivity contribution in [3.05, 3.63) is 53.1 Å².